The van der Waals surface area contributed by atoms with Gasteiger partial charge in [0, 0.05) is 0 Å². The fraction of sp³-hybridized carbons (Fsp3) is 0.400. The molecule has 1 aromatic heterocycles. The molecule has 0 amide bonds. The van der Waals surface area contributed by atoms with Crippen molar-refractivity contribution in [2.75, 3.05) is 0 Å². The Morgan fingerprint density at radius 1 is 1.19 bits per heavy atom. The lowest BCUT2D eigenvalue weighted by molar-refractivity contribution is 0.463. The van der Waals surface area contributed by atoms with Crippen molar-refractivity contribution in [2.24, 2.45) is 0 Å². The van der Waals surface area contributed by atoms with Gasteiger partial charge in [-0.3, -0.25) is 0 Å². The number of hydrogen-bond acceptors (Lipinski definition) is 4. The number of benzene rings is 1. The number of rotatable bonds is 6. The Hall–Kier alpha value is -1.66. The average molecular weight is 308 g/mol. The van der Waals surface area contributed by atoms with E-state index in [1.165, 1.54) is 0 Å². The van der Waals surface area contributed by atoms with E-state index >= 15 is 0 Å². The first-order chi connectivity index (χ1) is 9.92. The van der Waals surface area contributed by atoms with Crippen LogP contribution in [0.3, 0.4) is 0 Å². The normalized spacial score (nSPS) is 11.8. The van der Waals surface area contributed by atoms with E-state index in [-0.39, 0.29) is 11.4 Å². The second-order valence-corrected chi connectivity index (χ2v) is 6.73. The predicted octanol–water partition coefficient (Wildman–Crippen LogP) is 2.72. The third kappa shape index (κ3) is 3.92. The Labute approximate surface area is 125 Å². The first kappa shape index (κ1) is 15.7. The van der Waals surface area contributed by atoms with Crippen LogP contribution in [0.4, 0.5) is 0 Å². The van der Waals surface area contributed by atoms with Gasteiger partial charge in [0.25, 0.3) is 0 Å². The van der Waals surface area contributed by atoms with Crippen LogP contribution < -0.4 is 4.72 Å². The third-order valence-corrected chi connectivity index (χ3v) is 4.68. The lowest BCUT2D eigenvalue weighted by Crippen LogP contribution is -2.23. The molecule has 0 aliphatic carbocycles. The van der Waals surface area contributed by atoms with Crippen molar-refractivity contribution in [1.82, 2.24) is 9.71 Å². The van der Waals surface area contributed by atoms with Crippen molar-refractivity contribution in [3.63, 3.8) is 0 Å². The van der Waals surface area contributed by atoms with Gasteiger partial charge in [0.2, 0.25) is 15.9 Å². The van der Waals surface area contributed by atoms with Crippen LogP contribution in [0.2, 0.25) is 0 Å². The summed E-state index contributed by atoms with van der Waals surface area (Å²) in [4.78, 5) is 4.40. The molecule has 1 N–H and O–H groups in total. The minimum absolute atomic E-state index is 0.0493. The smallest absolute Gasteiger partial charge is 0.241 e. The van der Waals surface area contributed by atoms with Crippen LogP contribution in [0, 0.1) is 13.8 Å². The Balaban J connectivity index is 2.07. The summed E-state index contributed by atoms with van der Waals surface area (Å²) < 4.78 is 32.2. The summed E-state index contributed by atoms with van der Waals surface area (Å²) in [5, 5.41) is 0. The van der Waals surface area contributed by atoms with Gasteiger partial charge >= 0.3 is 0 Å². The molecule has 2 rings (SSSR count). The molecule has 0 aliphatic heterocycles. The maximum Gasteiger partial charge on any atom is 0.241 e. The van der Waals surface area contributed by atoms with Gasteiger partial charge < -0.3 is 4.42 Å². The maximum atomic E-state index is 12.2. The van der Waals surface area contributed by atoms with E-state index in [1.807, 2.05) is 19.1 Å². The van der Waals surface area contributed by atoms with Gasteiger partial charge in [0.05, 0.1) is 17.1 Å². The van der Waals surface area contributed by atoms with Gasteiger partial charge in [0.1, 0.15) is 5.76 Å². The molecule has 1 aromatic carbocycles. The van der Waals surface area contributed by atoms with Gasteiger partial charge in [-0.15, -0.1) is 0 Å². The van der Waals surface area contributed by atoms with Crippen molar-refractivity contribution in [1.29, 1.82) is 0 Å². The SMILES string of the molecule is CCCc1ccc(S(=O)(=O)NCc2nc(C)c(C)o2)cc1. The zero-order chi connectivity index (χ0) is 15.5. The topological polar surface area (TPSA) is 72.2 Å². The van der Waals surface area contributed by atoms with Crippen LogP contribution >= 0.6 is 0 Å². The zero-order valence-corrected chi connectivity index (χ0v) is 13.3. The summed E-state index contributed by atoms with van der Waals surface area (Å²) in [5.41, 5.74) is 1.91. The summed E-state index contributed by atoms with van der Waals surface area (Å²) in [6.45, 7) is 5.76. The molecule has 0 atom stereocenters. The van der Waals surface area contributed by atoms with Gasteiger partial charge in [-0.25, -0.2) is 18.1 Å². The maximum absolute atomic E-state index is 12.2. The highest BCUT2D eigenvalue weighted by atomic mass is 32.2. The molecule has 6 heteroatoms. The van der Waals surface area contributed by atoms with Crippen LogP contribution in [0.1, 0.15) is 36.3 Å². The number of oxazole rings is 1. The van der Waals surface area contributed by atoms with E-state index < -0.39 is 10.0 Å². The highest BCUT2D eigenvalue weighted by Gasteiger charge is 2.15. The summed E-state index contributed by atoms with van der Waals surface area (Å²) in [5.74, 6) is 1.07. The predicted molar refractivity (Wildman–Crippen MR) is 80.4 cm³/mol. The van der Waals surface area contributed by atoms with Crippen molar-refractivity contribution < 1.29 is 12.8 Å². The molecule has 0 aliphatic rings. The number of aromatic nitrogens is 1. The summed E-state index contributed by atoms with van der Waals surface area (Å²) in [6, 6.07) is 6.94. The number of nitrogens with one attached hydrogen (secondary N) is 1. The molecule has 0 saturated carbocycles. The Morgan fingerprint density at radius 2 is 1.86 bits per heavy atom. The fourth-order valence-corrected chi connectivity index (χ4v) is 2.95. The molecule has 5 nitrogen and oxygen atoms in total. The minimum Gasteiger partial charge on any atom is -0.444 e. The second-order valence-electron chi connectivity index (χ2n) is 4.97. The molecule has 0 fully saturated rings. The van der Waals surface area contributed by atoms with Crippen molar-refractivity contribution in [3.8, 4) is 0 Å². The Bertz CT molecular complexity index is 684. The van der Waals surface area contributed by atoms with Gasteiger partial charge in [-0.2, -0.15) is 0 Å². The monoisotopic (exact) mass is 308 g/mol. The Kier molecular flexibility index (Phi) is 4.80. The Morgan fingerprint density at radius 3 is 2.38 bits per heavy atom. The molecular weight excluding hydrogens is 288 g/mol. The van der Waals surface area contributed by atoms with Gasteiger partial charge in [-0.1, -0.05) is 25.5 Å². The minimum atomic E-state index is -3.54. The van der Waals surface area contributed by atoms with Crippen molar-refractivity contribution in [2.45, 2.75) is 45.1 Å². The first-order valence-electron chi connectivity index (χ1n) is 6.94. The molecule has 21 heavy (non-hydrogen) atoms. The molecule has 0 spiro atoms. The van der Waals surface area contributed by atoms with Crippen molar-refractivity contribution >= 4 is 10.0 Å². The number of sulfonamides is 1. The number of hydrogen-bond donors (Lipinski definition) is 1. The van der Waals surface area contributed by atoms with Crippen LogP contribution in [0.25, 0.3) is 0 Å². The van der Waals surface area contributed by atoms with Crippen LogP contribution in [0.5, 0.6) is 0 Å². The highest BCUT2D eigenvalue weighted by molar-refractivity contribution is 7.89. The summed E-state index contributed by atoms with van der Waals surface area (Å²) >= 11 is 0. The van der Waals surface area contributed by atoms with Crippen LogP contribution in [-0.2, 0) is 23.0 Å². The number of aryl methyl sites for hydroxylation is 3. The molecule has 0 saturated heterocycles. The molecule has 1 heterocycles. The van der Waals surface area contributed by atoms with Gasteiger partial charge in [0.15, 0.2) is 0 Å². The molecule has 2 aromatic rings. The second kappa shape index (κ2) is 6.41. The summed E-state index contributed by atoms with van der Waals surface area (Å²) in [7, 11) is -3.54. The average Bonchev–Trinajstić information content (AvgIpc) is 2.77. The molecule has 0 radical (unpaired) electrons. The molecule has 114 valence electrons. The van der Waals surface area contributed by atoms with E-state index in [9.17, 15) is 8.42 Å². The van der Waals surface area contributed by atoms with Crippen molar-refractivity contribution in [3.05, 3.63) is 47.2 Å². The quantitative estimate of drug-likeness (QED) is 0.890. The zero-order valence-electron chi connectivity index (χ0n) is 12.5. The van der Waals surface area contributed by atoms with E-state index in [0.717, 1.165) is 24.1 Å². The fourth-order valence-electron chi connectivity index (χ4n) is 1.98. The van der Waals surface area contributed by atoms with E-state index in [2.05, 4.69) is 16.6 Å². The third-order valence-electron chi connectivity index (χ3n) is 3.26. The van der Waals surface area contributed by atoms with E-state index in [0.29, 0.717) is 11.7 Å². The van der Waals surface area contributed by atoms with E-state index in [4.69, 9.17) is 4.42 Å². The molecular formula is C15H20N2O3S. The largest absolute Gasteiger partial charge is 0.444 e. The van der Waals surface area contributed by atoms with Gasteiger partial charge in [-0.05, 0) is 38.0 Å². The first-order valence-corrected chi connectivity index (χ1v) is 8.42. The number of nitrogens with zero attached hydrogens (tertiary/aromatic N) is 1. The molecule has 0 unspecified atom stereocenters. The van der Waals surface area contributed by atoms with E-state index in [1.54, 1.807) is 19.1 Å². The van der Waals surface area contributed by atoms with Crippen LogP contribution in [-0.4, -0.2) is 13.4 Å². The highest BCUT2D eigenvalue weighted by Crippen LogP contribution is 2.13. The lowest BCUT2D eigenvalue weighted by atomic mass is 10.1. The molecule has 0 bridgehead atoms. The van der Waals surface area contributed by atoms with Crippen LogP contribution in [0.15, 0.2) is 33.6 Å². The standard InChI is InChI=1S/C15H20N2O3S/c1-4-5-13-6-8-14(9-7-13)21(18,19)16-10-15-17-11(2)12(3)20-15/h6-9,16H,4-5,10H2,1-3H3. The summed E-state index contributed by atoms with van der Waals surface area (Å²) in [6.07, 6.45) is 1.98. The lowest BCUT2D eigenvalue weighted by Gasteiger charge is -2.06.